The number of hydrogen-bond acceptors (Lipinski definition) is 6. The van der Waals surface area contributed by atoms with Crippen molar-refractivity contribution in [1.29, 1.82) is 0 Å². The van der Waals surface area contributed by atoms with E-state index in [-0.39, 0.29) is 17.7 Å². The molecule has 0 radical (unpaired) electrons. The molecule has 0 aliphatic heterocycles. The van der Waals surface area contributed by atoms with Crippen molar-refractivity contribution in [3.8, 4) is 10.4 Å². The van der Waals surface area contributed by atoms with Crippen molar-refractivity contribution >= 4 is 28.3 Å². The van der Waals surface area contributed by atoms with E-state index in [9.17, 15) is 9.59 Å². The van der Waals surface area contributed by atoms with E-state index >= 15 is 0 Å². The molecule has 156 valence electrons. The maximum atomic E-state index is 12.2. The lowest BCUT2D eigenvalue weighted by Crippen LogP contribution is -2.30. The van der Waals surface area contributed by atoms with Crippen LogP contribution in [0.15, 0.2) is 34.9 Å². The molecular formula is C22H24N4O3S. The van der Waals surface area contributed by atoms with Crippen LogP contribution in [0.5, 0.6) is 0 Å². The molecular weight excluding hydrogens is 400 g/mol. The van der Waals surface area contributed by atoms with Gasteiger partial charge in [-0.3, -0.25) is 10.1 Å². The Hall–Kier alpha value is -3.00. The summed E-state index contributed by atoms with van der Waals surface area (Å²) in [4.78, 5) is 34.1. The van der Waals surface area contributed by atoms with Gasteiger partial charge in [0.05, 0.1) is 16.3 Å². The lowest BCUT2D eigenvalue weighted by atomic mass is 10.0. The van der Waals surface area contributed by atoms with Crippen LogP contribution in [0.4, 0.5) is 9.93 Å². The van der Waals surface area contributed by atoms with E-state index < -0.39 is 0 Å². The Balaban J connectivity index is 1.32. The smallest absolute Gasteiger partial charge is 0.321 e. The number of hydrogen-bond donors (Lipinski definition) is 2. The maximum absolute atomic E-state index is 12.2. The van der Waals surface area contributed by atoms with Gasteiger partial charge in [-0.2, -0.15) is 0 Å². The van der Waals surface area contributed by atoms with Crippen LogP contribution in [0.1, 0.15) is 47.4 Å². The molecule has 0 bridgehead atoms. The fraction of sp³-hybridized carbons (Fsp3) is 0.364. The highest BCUT2D eigenvalue weighted by molar-refractivity contribution is 7.19. The Morgan fingerprint density at radius 3 is 2.63 bits per heavy atom. The Morgan fingerprint density at radius 1 is 1.20 bits per heavy atom. The monoisotopic (exact) mass is 424 g/mol. The lowest BCUT2D eigenvalue weighted by Gasteiger charge is -2.03. The molecule has 30 heavy (non-hydrogen) atoms. The quantitative estimate of drug-likeness (QED) is 0.514. The van der Waals surface area contributed by atoms with Crippen molar-refractivity contribution in [2.45, 2.75) is 39.5 Å². The maximum Gasteiger partial charge on any atom is 0.321 e. The molecule has 1 aliphatic carbocycles. The Bertz CT molecular complexity index is 1050. The van der Waals surface area contributed by atoms with Gasteiger partial charge in [-0.1, -0.05) is 42.5 Å². The molecule has 2 amide bonds. The van der Waals surface area contributed by atoms with Gasteiger partial charge in [-0.15, -0.1) is 0 Å². The van der Waals surface area contributed by atoms with Crippen LogP contribution in [0, 0.1) is 12.8 Å². The van der Waals surface area contributed by atoms with Crippen molar-refractivity contribution < 1.29 is 14.0 Å². The summed E-state index contributed by atoms with van der Waals surface area (Å²) in [6, 6.07) is 7.33. The molecule has 1 aliphatic rings. The third-order valence-corrected chi connectivity index (χ3v) is 6.10. The first-order valence-electron chi connectivity index (χ1n) is 10.1. The van der Waals surface area contributed by atoms with E-state index in [0.717, 1.165) is 46.7 Å². The highest BCUT2D eigenvalue weighted by Gasteiger charge is 2.30. The van der Waals surface area contributed by atoms with Gasteiger partial charge >= 0.3 is 6.03 Å². The van der Waals surface area contributed by atoms with Crippen LogP contribution in [-0.2, 0) is 12.8 Å². The molecule has 2 aromatic heterocycles. The average molecular weight is 425 g/mol. The summed E-state index contributed by atoms with van der Waals surface area (Å²) in [6.07, 6.45) is 5.00. The molecule has 0 saturated heterocycles. The normalized spacial score (nSPS) is 13.3. The molecule has 1 saturated carbocycles. The zero-order valence-corrected chi connectivity index (χ0v) is 17.8. The molecule has 8 heteroatoms. The number of carbonyl (C=O) groups excluding carboxylic acids is 2. The van der Waals surface area contributed by atoms with E-state index in [4.69, 9.17) is 4.42 Å². The number of urea groups is 1. The number of oxazole rings is 1. The second kappa shape index (κ2) is 8.79. The first-order valence-corrected chi connectivity index (χ1v) is 11.0. The average Bonchev–Trinajstić information content (AvgIpc) is 3.39. The summed E-state index contributed by atoms with van der Waals surface area (Å²) < 4.78 is 5.35. The third-order valence-electron chi connectivity index (χ3n) is 4.98. The number of nitrogens with one attached hydrogen (secondary N) is 2. The number of amides is 2. The summed E-state index contributed by atoms with van der Waals surface area (Å²) >= 11 is 1.41. The number of nitrogens with zero attached hydrogens (tertiary/aromatic N) is 2. The van der Waals surface area contributed by atoms with Gasteiger partial charge in [0.15, 0.2) is 16.8 Å². The second-order valence-electron chi connectivity index (χ2n) is 7.37. The zero-order valence-electron chi connectivity index (χ0n) is 17.0. The first kappa shape index (κ1) is 20.3. The fourth-order valence-corrected chi connectivity index (χ4v) is 4.10. The molecule has 2 heterocycles. The fourth-order valence-electron chi connectivity index (χ4n) is 3.14. The lowest BCUT2D eigenvalue weighted by molar-refractivity contribution is 0.0967. The molecule has 1 fully saturated rings. The van der Waals surface area contributed by atoms with Gasteiger partial charge in [0.25, 0.3) is 0 Å². The second-order valence-corrected chi connectivity index (χ2v) is 8.37. The molecule has 1 aromatic carbocycles. The summed E-state index contributed by atoms with van der Waals surface area (Å²) in [5, 5.41) is 6.10. The van der Waals surface area contributed by atoms with Crippen LogP contribution in [0.25, 0.3) is 10.4 Å². The standard InChI is InChI=1S/C22H24N4O3S/c1-3-17-12-29-18(25-17)10-11-23-21(28)26-22-24-13(2)20(30-22)16-8-6-15(7-9-16)19(27)14-4-5-14/h6-9,12,14H,3-5,10-11H2,1-2H3,(H2,23,24,26,28). The predicted molar refractivity (Wildman–Crippen MR) is 116 cm³/mol. The van der Waals surface area contributed by atoms with Gasteiger partial charge in [-0.05, 0) is 31.7 Å². The van der Waals surface area contributed by atoms with Gasteiger partial charge in [0.1, 0.15) is 6.26 Å². The van der Waals surface area contributed by atoms with Crippen molar-refractivity contribution in [3.05, 3.63) is 53.4 Å². The highest BCUT2D eigenvalue weighted by Crippen LogP contribution is 2.35. The number of aryl methyl sites for hydroxylation is 2. The molecule has 7 nitrogen and oxygen atoms in total. The van der Waals surface area contributed by atoms with Crippen molar-refractivity contribution in [2.75, 3.05) is 11.9 Å². The number of carbonyl (C=O) groups is 2. The largest absolute Gasteiger partial charge is 0.449 e. The van der Waals surface area contributed by atoms with Crippen LogP contribution in [0.3, 0.4) is 0 Å². The molecule has 4 rings (SSSR count). The SMILES string of the molecule is CCc1coc(CCNC(=O)Nc2nc(C)c(-c3ccc(C(=O)C4CC4)cc3)s2)n1. The molecule has 0 unspecified atom stereocenters. The molecule has 3 aromatic rings. The molecule has 0 spiro atoms. The van der Waals surface area contributed by atoms with E-state index in [1.807, 2.05) is 38.1 Å². The molecule has 2 N–H and O–H groups in total. The number of thiazole rings is 1. The summed E-state index contributed by atoms with van der Waals surface area (Å²) in [6.45, 7) is 4.34. The minimum absolute atomic E-state index is 0.215. The predicted octanol–water partition coefficient (Wildman–Crippen LogP) is 4.63. The van der Waals surface area contributed by atoms with Crippen LogP contribution >= 0.6 is 11.3 Å². The zero-order chi connectivity index (χ0) is 21.1. The third kappa shape index (κ3) is 4.76. The van der Waals surface area contributed by atoms with Gasteiger partial charge < -0.3 is 9.73 Å². The van der Waals surface area contributed by atoms with Gasteiger partial charge in [-0.25, -0.2) is 14.8 Å². The van der Waals surface area contributed by atoms with E-state index in [2.05, 4.69) is 20.6 Å². The van der Waals surface area contributed by atoms with Gasteiger partial charge in [0.2, 0.25) is 0 Å². The Labute approximate surface area is 178 Å². The van der Waals surface area contributed by atoms with Crippen molar-refractivity contribution in [3.63, 3.8) is 0 Å². The summed E-state index contributed by atoms with van der Waals surface area (Å²) in [7, 11) is 0. The summed E-state index contributed by atoms with van der Waals surface area (Å²) in [5.74, 6) is 1.06. The molecule has 0 atom stereocenters. The van der Waals surface area contributed by atoms with Crippen LogP contribution in [-0.4, -0.2) is 28.3 Å². The minimum atomic E-state index is -0.317. The van der Waals surface area contributed by atoms with E-state index in [1.165, 1.54) is 11.3 Å². The number of ketones is 1. The van der Waals surface area contributed by atoms with Crippen molar-refractivity contribution in [1.82, 2.24) is 15.3 Å². The first-order chi connectivity index (χ1) is 14.5. The summed E-state index contributed by atoms with van der Waals surface area (Å²) in [5.41, 5.74) is 3.49. The van der Waals surface area contributed by atoms with E-state index in [0.29, 0.717) is 24.0 Å². The number of anilines is 1. The minimum Gasteiger partial charge on any atom is -0.449 e. The topological polar surface area (TPSA) is 97.1 Å². The highest BCUT2D eigenvalue weighted by atomic mass is 32.1. The van der Waals surface area contributed by atoms with Crippen molar-refractivity contribution in [2.24, 2.45) is 5.92 Å². The number of rotatable bonds is 8. The number of Topliss-reactive ketones (excluding diaryl/α,β-unsaturated/α-hetero) is 1. The number of benzene rings is 1. The number of aromatic nitrogens is 2. The van der Waals surface area contributed by atoms with E-state index in [1.54, 1.807) is 6.26 Å². The Kier molecular flexibility index (Phi) is 5.94. The van der Waals surface area contributed by atoms with Crippen LogP contribution < -0.4 is 10.6 Å². The Morgan fingerprint density at radius 2 is 1.97 bits per heavy atom. The van der Waals surface area contributed by atoms with Gasteiger partial charge in [0, 0.05) is 24.4 Å². The van der Waals surface area contributed by atoms with Crippen LogP contribution in [0.2, 0.25) is 0 Å².